The normalized spacial score (nSPS) is 9.83. The van der Waals surface area contributed by atoms with Crippen molar-refractivity contribution in [3.05, 3.63) is 11.8 Å². The minimum Gasteiger partial charge on any atom is -0.338 e. The molecule has 0 spiro atoms. The van der Waals surface area contributed by atoms with Crippen LogP contribution in [0.15, 0.2) is 10.6 Å². The van der Waals surface area contributed by atoms with Gasteiger partial charge in [0.05, 0.1) is 10.1 Å². The molecule has 1 amide bonds. The largest absolute Gasteiger partial charge is 0.338 e. The first kappa shape index (κ1) is 9.50. The number of aryl methyl sites for hydroxylation is 1. The van der Waals surface area contributed by atoms with Crippen molar-refractivity contribution >= 4 is 34.4 Å². The molecule has 12 heavy (non-hydrogen) atoms. The Balaban J connectivity index is 2.58. The average Bonchev–Trinajstić information content (AvgIpc) is 2.52. The molecule has 0 atom stereocenters. The Morgan fingerprint density at radius 3 is 3.08 bits per heavy atom. The lowest BCUT2D eigenvalue weighted by atomic mass is 10.3. The lowest BCUT2D eigenvalue weighted by Crippen LogP contribution is -2.11. The van der Waals surface area contributed by atoms with Crippen molar-refractivity contribution in [3.63, 3.8) is 0 Å². The number of hydrogen-bond donors (Lipinski definition) is 1. The Hall–Kier alpha value is -0.590. The topological polar surface area (TPSA) is 55.1 Å². The molecule has 0 aliphatic rings. The number of nitrogens with one attached hydrogen (secondary N) is 1. The molecule has 0 aliphatic heterocycles. The monoisotopic (exact) mass is 280 g/mol. The van der Waals surface area contributed by atoms with Crippen LogP contribution in [0.3, 0.4) is 0 Å². The Morgan fingerprint density at radius 2 is 2.58 bits per heavy atom. The summed E-state index contributed by atoms with van der Waals surface area (Å²) in [7, 11) is 0. The third-order valence-electron chi connectivity index (χ3n) is 1.31. The van der Waals surface area contributed by atoms with Crippen molar-refractivity contribution in [1.29, 1.82) is 0 Å². The number of anilines is 1. The molecule has 4 nitrogen and oxygen atoms in total. The van der Waals surface area contributed by atoms with Crippen LogP contribution in [0.5, 0.6) is 0 Å². The van der Waals surface area contributed by atoms with Gasteiger partial charge in [0.1, 0.15) is 0 Å². The summed E-state index contributed by atoms with van der Waals surface area (Å²) in [6.07, 6.45) is 0.809. The first-order valence-corrected chi connectivity index (χ1v) is 5.10. The Bertz CT molecular complexity index is 272. The van der Waals surface area contributed by atoms with Crippen molar-refractivity contribution < 1.29 is 9.32 Å². The number of nitrogens with zero attached hydrogens (tertiary/aromatic N) is 1. The van der Waals surface area contributed by atoms with Gasteiger partial charge in [-0.15, -0.1) is 0 Å². The summed E-state index contributed by atoms with van der Waals surface area (Å²) in [6, 6.07) is 1.73. The van der Waals surface area contributed by atoms with Gasteiger partial charge in [-0.3, -0.25) is 10.1 Å². The number of alkyl halides is 1. The van der Waals surface area contributed by atoms with Crippen LogP contribution >= 0.6 is 22.6 Å². The number of amides is 1. The van der Waals surface area contributed by atoms with E-state index in [1.807, 2.05) is 29.5 Å². The standard InChI is InChI=1S/C7H9IN2O2/c1-2-5-3-7(12-10-5)9-6(11)4-8/h3H,2,4H2,1H3,(H,9,11). The fraction of sp³-hybridized carbons (Fsp3) is 0.429. The zero-order valence-electron chi connectivity index (χ0n) is 6.63. The highest BCUT2D eigenvalue weighted by atomic mass is 127. The Kier molecular flexibility index (Phi) is 3.51. The summed E-state index contributed by atoms with van der Waals surface area (Å²) in [4.78, 5) is 10.9. The second-order valence-electron chi connectivity index (χ2n) is 2.22. The van der Waals surface area contributed by atoms with Gasteiger partial charge >= 0.3 is 0 Å². The molecular weight excluding hydrogens is 271 g/mol. The van der Waals surface area contributed by atoms with Gasteiger partial charge in [-0.1, -0.05) is 34.7 Å². The number of carbonyl (C=O) groups excluding carboxylic acids is 1. The van der Waals surface area contributed by atoms with Crippen molar-refractivity contribution in [1.82, 2.24) is 5.16 Å². The highest BCUT2D eigenvalue weighted by molar-refractivity contribution is 14.1. The van der Waals surface area contributed by atoms with Gasteiger partial charge in [-0.05, 0) is 6.42 Å². The van der Waals surface area contributed by atoms with Crippen molar-refractivity contribution in [2.24, 2.45) is 0 Å². The first-order valence-electron chi connectivity index (χ1n) is 3.57. The predicted octanol–water partition coefficient (Wildman–Crippen LogP) is 1.61. The molecule has 0 saturated heterocycles. The van der Waals surface area contributed by atoms with E-state index in [1.165, 1.54) is 0 Å². The van der Waals surface area contributed by atoms with E-state index in [9.17, 15) is 4.79 Å². The molecule has 1 heterocycles. The molecule has 0 aromatic carbocycles. The summed E-state index contributed by atoms with van der Waals surface area (Å²) in [5, 5.41) is 6.30. The molecule has 0 bridgehead atoms. The van der Waals surface area contributed by atoms with Crippen molar-refractivity contribution in [3.8, 4) is 0 Å². The van der Waals surface area contributed by atoms with Crippen molar-refractivity contribution in [2.45, 2.75) is 13.3 Å². The van der Waals surface area contributed by atoms with Crippen LogP contribution < -0.4 is 5.32 Å². The second-order valence-corrected chi connectivity index (χ2v) is 2.98. The Morgan fingerprint density at radius 1 is 1.83 bits per heavy atom. The van der Waals surface area contributed by atoms with E-state index in [2.05, 4.69) is 10.5 Å². The number of aromatic nitrogens is 1. The summed E-state index contributed by atoms with van der Waals surface area (Å²) in [5.74, 6) is 0.350. The molecular formula is C7H9IN2O2. The molecule has 5 heteroatoms. The van der Waals surface area contributed by atoms with Gasteiger partial charge in [0.2, 0.25) is 11.8 Å². The van der Waals surface area contributed by atoms with Crippen LogP contribution in [-0.2, 0) is 11.2 Å². The first-order chi connectivity index (χ1) is 5.76. The molecule has 0 saturated carbocycles. The van der Waals surface area contributed by atoms with Gasteiger partial charge in [0.25, 0.3) is 0 Å². The molecule has 66 valence electrons. The summed E-state index contributed by atoms with van der Waals surface area (Å²) >= 11 is 1.98. The molecule has 0 fully saturated rings. The number of hydrogen-bond acceptors (Lipinski definition) is 3. The fourth-order valence-corrected chi connectivity index (χ4v) is 0.899. The van der Waals surface area contributed by atoms with Gasteiger partial charge in [-0.2, -0.15) is 0 Å². The molecule has 0 aliphatic carbocycles. The quantitative estimate of drug-likeness (QED) is 0.676. The summed E-state index contributed by atoms with van der Waals surface area (Å²) in [6.45, 7) is 1.97. The lowest BCUT2D eigenvalue weighted by molar-refractivity contribution is -0.113. The zero-order chi connectivity index (χ0) is 8.97. The SMILES string of the molecule is CCc1cc(NC(=O)CI)on1. The minimum absolute atomic E-state index is 0.0746. The minimum atomic E-state index is -0.0746. The maximum atomic E-state index is 10.9. The smallest absolute Gasteiger partial charge is 0.236 e. The van der Waals surface area contributed by atoms with Gasteiger partial charge in [-0.25, -0.2) is 0 Å². The molecule has 1 aromatic rings. The maximum Gasteiger partial charge on any atom is 0.236 e. The molecule has 1 N–H and O–H groups in total. The van der Waals surface area contributed by atoms with Crippen LogP contribution in [0.4, 0.5) is 5.88 Å². The third-order valence-corrected chi connectivity index (χ3v) is 2.00. The summed E-state index contributed by atoms with van der Waals surface area (Å²) < 4.78 is 5.26. The number of carbonyl (C=O) groups is 1. The second kappa shape index (κ2) is 4.44. The van der Waals surface area contributed by atoms with E-state index in [1.54, 1.807) is 6.07 Å². The van der Waals surface area contributed by atoms with E-state index in [0.717, 1.165) is 12.1 Å². The lowest BCUT2D eigenvalue weighted by Gasteiger charge is -1.93. The van der Waals surface area contributed by atoms with E-state index < -0.39 is 0 Å². The van der Waals surface area contributed by atoms with E-state index >= 15 is 0 Å². The highest BCUT2D eigenvalue weighted by Crippen LogP contribution is 2.09. The number of halogens is 1. The van der Waals surface area contributed by atoms with Crippen LogP contribution in [-0.4, -0.2) is 15.5 Å². The predicted molar refractivity (Wildman–Crippen MR) is 53.4 cm³/mol. The van der Waals surface area contributed by atoms with Crippen LogP contribution in [0, 0.1) is 0 Å². The van der Waals surface area contributed by atoms with E-state index in [0.29, 0.717) is 10.3 Å². The van der Waals surface area contributed by atoms with E-state index in [4.69, 9.17) is 4.52 Å². The zero-order valence-corrected chi connectivity index (χ0v) is 8.79. The molecule has 1 rings (SSSR count). The van der Waals surface area contributed by atoms with Crippen molar-refractivity contribution in [2.75, 3.05) is 9.74 Å². The summed E-state index contributed by atoms with van der Waals surface area (Å²) in [5.41, 5.74) is 0.846. The van der Waals surface area contributed by atoms with Crippen LogP contribution in [0.2, 0.25) is 0 Å². The average molecular weight is 280 g/mol. The molecule has 0 unspecified atom stereocenters. The Labute approximate surface area is 83.8 Å². The molecule has 0 radical (unpaired) electrons. The fourth-order valence-electron chi connectivity index (χ4n) is 0.708. The maximum absolute atomic E-state index is 10.9. The van der Waals surface area contributed by atoms with Crippen LogP contribution in [0.25, 0.3) is 0 Å². The van der Waals surface area contributed by atoms with E-state index in [-0.39, 0.29) is 5.91 Å². The third kappa shape index (κ3) is 2.47. The highest BCUT2D eigenvalue weighted by Gasteiger charge is 2.04. The van der Waals surface area contributed by atoms with Crippen LogP contribution in [0.1, 0.15) is 12.6 Å². The van der Waals surface area contributed by atoms with Gasteiger partial charge < -0.3 is 4.52 Å². The van der Waals surface area contributed by atoms with Gasteiger partial charge in [0, 0.05) is 6.07 Å². The van der Waals surface area contributed by atoms with Gasteiger partial charge in [0.15, 0.2) is 0 Å². The molecule has 1 aromatic heterocycles. The number of rotatable bonds is 3.